The fourth-order valence-electron chi connectivity index (χ4n) is 2.29. The molecule has 98 valence electrons. The number of rotatable bonds is 2. The number of halogens is 1. The van der Waals surface area contributed by atoms with Crippen LogP contribution >= 0.6 is 11.6 Å². The Labute approximate surface area is 111 Å². The minimum absolute atomic E-state index is 0.0268. The molecule has 1 aliphatic heterocycles. The highest BCUT2D eigenvalue weighted by atomic mass is 35.5. The highest BCUT2D eigenvalue weighted by molar-refractivity contribution is 6.33. The number of hydrogen-bond acceptors (Lipinski definition) is 4. The summed E-state index contributed by atoms with van der Waals surface area (Å²) in [5, 5.41) is 14.4. The van der Waals surface area contributed by atoms with Crippen molar-refractivity contribution in [1.29, 1.82) is 0 Å². The molecular formula is C12H16ClN3O2. The summed E-state index contributed by atoms with van der Waals surface area (Å²) in [4.78, 5) is 12.6. The zero-order chi connectivity index (χ0) is 13.3. The van der Waals surface area contributed by atoms with Crippen LogP contribution in [0, 0.1) is 17.0 Å². The van der Waals surface area contributed by atoms with Crippen LogP contribution in [0.5, 0.6) is 0 Å². The van der Waals surface area contributed by atoms with Crippen LogP contribution in [0.2, 0.25) is 5.02 Å². The quantitative estimate of drug-likeness (QED) is 0.661. The van der Waals surface area contributed by atoms with E-state index < -0.39 is 4.92 Å². The maximum absolute atomic E-state index is 10.8. The van der Waals surface area contributed by atoms with Gasteiger partial charge in [-0.15, -0.1) is 0 Å². The molecule has 0 bridgehead atoms. The number of nitro benzene ring substituents is 1. The second-order valence-corrected chi connectivity index (χ2v) is 5.06. The number of aryl methyl sites for hydroxylation is 1. The molecule has 1 saturated heterocycles. The molecule has 1 fully saturated rings. The largest absolute Gasteiger partial charge is 0.368 e. The molecule has 1 heterocycles. The van der Waals surface area contributed by atoms with E-state index in [1.54, 1.807) is 12.1 Å². The van der Waals surface area contributed by atoms with Crippen LogP contribution in [0.25, 0.3) is 0 Å². The molecule has 6 heteroatoms. The van der Waals surface area contributed by atoms with Crippen molar-refractivity contribution in [3.8, 4) is 0 Å². The van der Waals surface area contributed by atoms with E-state index in [-0.39, 0.29) is 10.7 Å². The summed E-state index contributed by atoms with van der Waals surface area (Å²) < 4.78 is 0. The van der Waals surface area contributed by atoms with Crippen LogP contribution < -0.4 is 10.2 Å². The molecule has 0 aliphatic carbocycles. The van der Waals surface area contributed by atoms with E-state index >= 15 is 0 Å². The summed E-state index contributed by atoms with van der Waals surface area (Å²) in [5.74, 6) is 0. The van der Waals surface area contributed by atoms with Gasteiger partial charge in [0, 0.05) is 37.4 Å². The van der Waals surface area contributed by atoms with Crippen molar-refractivity contribution in [3.05, 3.63) is 32.8 Å². The third-order valence-electron chi connectivity index (χ3n) is 3.17. The zero-order valence-corrected chi connectivity index (χ0v) is 11.2. The number of anilines is 1. The topological polar surface area (TPSA) is 58.4 Å². The van der Waals surface area contributed by atoms with Crippen molar-refractivity contribution in [2.75, 3.05) is 24.5 Å². The van der Waals surface area contributed by atoms with E-state index in [4.69, 9.17) is 11.6 Å². The van der Waals surface area contributed by atoms with Gasteiger partial charge in [-0.2, -0.15) is 0 Å². The Morgan fingerprint density at radius 1 is 1.56 bits per heavy atom. The lowest BCUT2D eigenvalue weighted by molar-refractivity contribution is -0.384. The highest BCUT2D eigenvalue weighted by Crippen LogP contribution is 2.32. The van der Waals surface area contributed by atoms with Crippen LogP contribution in [0.15, 0.2) is 12.1 Å². The van der Waals surface area contributed by atoms with Gasteiger partial charge in [0.25, 0.3) is 5.69 Å². The van der Waals surface area contributed by atoms with Crippen molar-refractivity contribution >= 4 is 23.0 Å². The summed E-state index contributed by atoms with van der Waals surface area (Å²) in [6.45, 7) is 6.68. The fraction of sp³-hybridized carbons (Fsp3) is 0.500. The van der Waals surface area contributed by atoms with Crippen LogP contribution in [0.1, 0.15) is 12.5 Å². The summed E-state index contributed by atoms with van der Waals surface area (Å²) in [6, 6.07) is 3.66. The van der Waals surface area contributed by atoms with Crippen molar-refractivity contribution in [2.24, 2.45) is 0 Å². The average molecular weight is 270 g/mol. The summed E-state index contributed by atoms with van der Waals surface area (Å²) >= 11 is 5.97. The molecule has 1 N–H and O–H groups in total. The Balaban J connectivity index is 2.34. The van der Waals surface area contributed by atoms with Gasteiger partial charge < -0.3 is 10.2 Å². The first kappa shape index (κ1) is 13.1. The second kappa shape index (κ2) is 5.12. The summed E-state index contributed by atoms with van der Waals surface area (Å²) in [6.07, 6.45) is 0. The number of nitrogens with zero attached hydrogens (tertiary/aromatic N) is 2. The molecule has 1 aliphatic rings. The van der Waals surface area contributed by atoms with Crippen LogP contribution in [-0.4, -0.2) is 30.6 Å². The van der Waals surface area contributed by atoms with Gasteiger partial charge in [-0.3, -0.25) is 10.1 Å². The molecular weight excluding hydrogens is 254 g/mol. The Morgan fingerprint density at radius 2 is 2.28 bits per heavy atom. The van der Waals surface area contributed by atoms with Gasteiger partial charge in [0.1, 0.15) is 5.02 Å². The Bertz CT molecular complexity index is 479. The lowest BCUT2D eigenvalue weighted by Crippen LogP contribution is -2.49. The Hall–Kier alpha value is -1.33. The number of nitro groups is 1. The first-order valence-corrected chi connectivity index (χ1v) is 6.29. The molecule has 1 aromatic carbocycles. The third kappa shape index (κ3) is 2.57. The predicted molar refractivity (Wildman–Crippen MR) is 72.5 cm³/mol. The molecule has 5 nitrogen and oxygen atoms in total. The molecule has 2 rings (SSSR count). The summed E-state index contributed by atoms with van der Waals surface area (Å²) in [5.41, 5.74) is 1.85. The van der Waals surface area contributed by atoms with E-state index in [9.17, 15) is 10.1 Å². The SMILES string of the molecule is Cc1cc([N+](=O)[O-])c(Cl)cc1N1CCN[C@@H](C)C1. The van der Waals surface area contributed by atoms with E-state index in [2.05, 4.69) is 17.1 Å². The van der Waals surface area contributed by atoms with Crippen molar-refractivity contribution in [1.82, 2.24) is 5.32 Å². The minimum atomic E-state index is -0.445. The van der Waals surface area contributed by atoms with Gasteiger partial charge in [-0.05, 0) is 25.5 Å². The molecule has 0 amide bonds. The van der Waals surface area contributed by atoms with Gasteiger partial charge in [-0.1, -0.05) is 11.6 Å². The normalized spacial score (nSPS) is 19.9. The monoisotopic (exact) mass is 269 g/mol. The van der Waals surface area contributed by atoms with Crippen molar-refractivity contribution in [3.63, 3.8) is 0 Å². The maximum atomic E-state index is 10.8. The van der Waals surface area contributed by atoms with Crippen molar-refractivity contribution < 1.29 is 4.92 Å². The molecule has 0 radical (unpaired) electrons. The molecule has 0 spiro atoms. The number of hydrogen-bond donors (Lipinski definition) is 1. The van der Waals surface area contributed by atoms with Crippen LogP contribution in [0.3, 0.4) is 0 Å². The lowest BCUT2D eigenvalue weighted by atomic mass is 10.1. The predicted octanol–water partition coefficient (Wildman–Crippen LogP) is 2.35. The second-order valence-electron chi connectivity index (χ2n) is 4.65. The highest BCUT2D eigenvalue weighted by Gasteiger charge is 2.21. The van der Waals surface area contributed by atoms with Crippen molar-refractivity contribution in [2.45, 2.75) is 19.9 Å². The molecule has 0 unspecified atom stereocenters. The number of piperazine rings is 1. The smallest absolute Gasteiger partial charge is 0.288 e. The number of benzene rings is 1. The first-order chi connectivity index (χ1) is 8.49. The lowest BCUT2D eigenvalue weighted by Gasteiger charge is -2.34. The maximum Gasteiger partial charge on any atom is 0.288 e. The third-order valence-corrected chi connectivity index (χ3v) is 3.47. The zero-order valence-electron chi connectivity index (χ0n) is 10.4. The van der Waals surface area contributed by atoms with Gasteiger partial charge in [0.05, 0.1) is 4.92 Å². The Morgan fingerprint density at radius 3 is 2.89 bits per heavy atom. The molecule has 1 aromatic rings. The van der Waals surface area contributed by atoms with Gasteiger partial charge >= 0.3 is 0 Å². The van der Waals surface area contributed by atoms with Gasteiger partial charge in [0.2, 0.25) is 0 Å². The fourth-order valence-corrected chi connectivity index (χ4v) is 2.51. The molecule has 18 heavy (non-hydrogen) atoms. The molecule has 0 saturated carbocycles. The number of nitrogens with one attached hydrogen (secondary N) is 1. The first-order valence-electron chi connectivity index (χ1n) is 5.92. The summed E-state index contributed by atoms with van der Waals surface area (Å²) in [7, 11) is 0. The average Bonchev–Trinajstić information content (AvgIpc) is 2.31. The van der Waals surface area contributed by atoms with Crippen LogP contribution in [-0.2, 0) is 0 Å². The standard InChI is InChI=1S/C12H16ClN3O2/c1-8-5-12(16(17)18)10(13)6-11(8)15-4-3-14-9(2)7-15/h5-6,9,14H,3-4,7H2,1-2H3/t9-/m0/s1. The minimum Gasteiger partial charge on any atom is -0.368 e. The molecule has 1 atom stereocenters. The van der Waals surface area contributed by atoms with Crippen LogP contribution in [0.4, 0.5) is 11.4 Å². The molecule has 0 aromatic heterocycles. The Kier molecular flexibility index (Phi) is 3.73. The van der Waals surface area contributed by atoms with Gasteiger partial charge in [0.15, 0.2) is 0 Å². The van der Waals surface area contributed by atoms with E-state index in [1.165, 1.54) is 0 Å². The van der Waals surface area contributed by atoms with Gasteiger partial charge in [-0.25, -0.2) is 0 Å². The van der Waals surface area contributed by atoms with E-state index in [1.807, 2.05) is 6.92 Å². The van der Waals surface area contributed by atoms with E-state index in [0.717, 1.165) is 30.9 Å². The van der Waals surface area contributed by atoms with E-state index in [0.29, 0.717) is 6.04 Å².